The van der Waals surface area contributed by atoms with Crippen LogP contribution in [-0.2, 0) is 4.79 Å². The standard InChI is InChI=1S/C28H23ClN2O5/c1-18(35-24-13-7-9-20-8-3-4-10-21(20)24)27(32)31-30-17-19-14-15-25(26(16-19)34-2)36-28(33)22-11-5-6-12-23(22)29/h3-18H,1-2H3,(H,31,32)/b30-17-/t18-/m0/s1. The SMILES string of the molecule is COc1cc(/C=N\NC(=O)[C@H](C)Oc2cccc3ccccc23)ccc1OC(=O)c1ccccc1Cl. The van der Waals surface area contributed by atoms with E-state index < -0.39 is 18.0 Å². The van der Waals surface area contributed by atoms with E-state index in [9.17, 15) is 9.59 Å². The number of halogens is 1. The summed E-state index contributed by atoms with van der Waals surface area (Å²) in [7, 11) is 1.46. The molecule has 1 atom stereocenters. The Labute approximate surface area is 213 Å². The third-order valence-corrected chi connectivity index (χ3v) is 5.62. The predicted octanol–water partition coefficient (Wildman–Crippen LogP) is 5.64. The van der Waals surface area contributed by atoms with E-state index in [1.807, 2.05) is 42.5 Å². The van der Waals surface area contributed by atoms with Gasteiger partial charge in [-0.1, -0.05) is 60.1 Å². The first-order valence-electron chi connectivity index (χ1n) is 11.1. The van der Waals surface area contributed by atoms with E-state index >= 15 is 0 Å². The van der Waals surface area contributed by atoms with Gasteiger partial charge in [-0.15, -0.1) is 0 Å². The maximum absolute atomic E-state index is 12.5. The minimum Gasteiger partial charge on any atom is -0.493 e. The van der Waals surface area contributed by atoms with Gasteiger partial charge in [-0.25, -0.2) is 10.2 Å². The largest absolute Gasteiger partial charge is 0.493 e. The highest BCUT2D eigenvalue weighted by Gasteiger charge is 2.17. The topological polar surface area (TPSA) is 86.2 Å². The Morgan fingerprint density at radius 3 is 2.47 bits per heavy atom. The molecule has 0 heterocycles. The molecular formula is C28H23ClN2O5. The normalized spacial score (nSPS) is 11.8. The van der Waals surface area contributed by atoms with Crippen LogP contribution in [0.4, 0.5) is 0 Å². The second kappa shape index (κ2) is 11.4. The van der Waals surface area contributed by atoms with Gasteiger partial charge in [-0.05, 0) is 54.3 Å². The van der Waals surface area contributed by atoms with Crippen molar-refractivity contribution < 1.29 is 23.8 Å². The average molecular weight is 503 g/mol. The first-order valence-corrected chi connectivity index (χ1v) is 11.5. The van der Waals surface area contributed by atoms with Crippen LogP contribution < -0.4 is 19.6 Å². The number of nitrogens with one attached hydrogen (secondary N) is 1. The molecule has 1 amide bonds. The van der Waals surface area contributed by atoms with Crippen LogP contribution in [0, 0.1) is 0 Å². The van der Waals surface area contributed by atoms with Crippen LogP contribution >= 0.6 is 11.6 Å². The maximum Gasteiger partial charge on any atom is 0.345 e. The fourth-order valence-corrected chi connectivity index (χ4v) is 3.65. The molecule has 4 aromatic carbocycles. The number of amides is 1. The van der Waals surface area contributed by atoms with Gasteiger partial charge in [-0.3, -0.25) is 4.79 Å². The number of hydrazone groups is 1. The zero-order valence-electron chi connectivity index (χ0n) is 19.6. The van der Waals surface area contributed by atoms with Crippen molar-refractivity contribution >= 4 is 40.5 Å². The molecule has 4 rings (SSSR count). The van der Waals surface area contributed by atoms with E-state index in [4.69, 9.17) is 25.8 Å². The molecule has 0 radical (unpaired) electrons. The number of benzene rings is 4. The van der Waals surface area contributed by atoms with Gasteiger partial charge in [0, 0.05) is 5.39 Å². The van der Waals surface area contributed by atoms with Crippen LogP contribution in [0.3, 0.4) is 0 Å². The van der Waals surface area contributed by atoms with Crippen LogP contribution in [0.5, 0.6) is 17.2 Å². The molecule has 0 aromatic heterocycles. The molecule has 0 spiro atoms. The van der Waals surface area contributed by atoms with E-state index in [1.165, 1.54) is 13.3 Å². The Morgan fingerprint density at radius 2 is 1.67 bits per heavy atom. The van der Waals surface area contributed by atoms with Gasteiger partial charge in [0.15, 0.2) is 17.6 Å². The first-order chi connectivity index (χ1) is 17.5. The lowest BCUT2D eigenvalue weighted by atomic mass is 10.1. The zero-order valence-corrected chi connectivity index (χ0v) is 20.4. The highest BCUT2D eigenvalue weighted by Crippen LogP contribution is 2.29. The van der Waals surface area contributed by atoms with Crippen molar-refractivity contribution in [1.29, 1.82) is 0 Å². The number of nitrogens with zero attached hydrogens (tertiary/aromatic N) is 1. The van der Waals surface area contributed by atoms with E-state index in [1.54, 1.807) is 49.4 Å². The number of ether oxygens (including phenoxy) is 3. The Balaban J connectivity index is 1.38. The lowest BCUT2D eigenvalue weighted by molar-refractivity contribution is -0.127. The molecule has 0 fully saturated rings. The first kappa shape index (κ1) is 24.8. The third-order valence-electron chi connectivity index (χ3n) is 5.30. The zero-order chi connectivity index (χ0) is 25.5. The molecule has 8 heteroatoms. The molecule has 182 valence electrons. The number of esters is 1. The van der Waals surface area contributed by atoms with Gasteiger partial charge in [0.05, 0.1) is 23.9 Å². The fraction of sp³-hybridized carbons (Fsp3) is 0.107. The number of carbonyl (C=O) groups excluding carboxylic acids is 2. The molecule has 0 aliphatic heterocycles. The minimum atomic E-state index is -0.769. The molecule has 0 saturated carbocycles. The van der Waals surface area contributed by atoms with Crippen LogP contribution in [-0.4, -0.2) is 31.3 Å². The number of carbonyl (C=O) groups is 2. The van der Waals surface area contributed by atoms with Crippen LogP contribution in [0.2, 0.25) is 5.02 Å². The summed E-state index contributed by atoms with van der Waals surface area (Å²) in [6.45, 7) is 1.65. The summed E-state index contributed by atoms with van der Waals surface area (Å²) in [4.78, 5) is 24.9. The van der Waals surface area contributed by atoms with Crippen molar-refractivity contribution in [2.45, 2.75) is 13.0 Å². The van der Waals surface area contributed by atoms with Gasteiger partial charge in [0.2, 0.25) is 0 Å². The van der Waals surface area contributed by atoms with Crippen LogP contribution in [0.1, 0.15) is 22.8 Å². The number of hydrogen-bond donors (Lipinski definition) is 1. The Morgan fingerprint density at radius 1 is 0.917 bits per heavy atom. The van der Waals surface area contributed by atoms with Gasteiger partial charge >= 0.3 is 5.97 Å². The van der Waals surface area contributed by atoms with Gasteiger partial charge < -0.3 is 14.2 Å². The third kappa shape index (κ3) is 5.82. The lowest BCUT2D eigenvalue weighted by Gasteiger charge is -2.14. The van der Waals surface area contributed by atoms with E-state index in [0.717, 1.165) is 10.8 Å². The summed E-state index contributed by atoms with van der Waals surface area (Å²) < 4.78 is 16.6. The molecule has 7 nitrogen and oxygen atoms in total. The fourth-order valence-electron chi connectivity index (χ4n) is 3.43. The summed E-state index contributed by atoms with van der Waals surface area (Å²) in [5.74, 6) is 0.148. The van der Waals surface area contributed by atoms with E-state index in [0.29, 0.717) is 22.1 Å². The number of rotatable bonds is 8. The highest BCUT2D eigenvalue weighted by atomic mass is 35.5. The molecule has 0 aliphatic rings. The van der Waals surface area contributed by atoms with Gasteiger partial charge in [0.1, 0.15) is 5.75 Å². The monoisotopic (exact) mass is 502 g/mol. The van der Waals surface area contributed by atoms with Crippen molar-refractivity contribution in [2.75, 3.05) is 7.11 Å². The van der Waals surface area contributed by atoms with Crippen molar-refractivity contribution in [3.05, 3.63) is 101 Å². The average Bonchev–Trinajstić information content (AvgIpc) is 2.89. The van der Waals surface area contributed by atoms with Crippen molar-refractivity contribution in [2.24, 2.45) is 5.10 Å². The van der Waals surface area contributed by atoms with Gasteiger partial charge in [-0.2, -0.15) is 5.10 Å². The van der Waals surface area contributed by atoms with E-state index in [-0.39, 0.29) is 11.3 Å². The molecule has 0 unspecified atom stereocenters. The molecule has 1 N–H and O–H groups in total. The predicted molar refractivity (Wildman–Crippen MR) is 139 cm³/mol. The van der Waals surface area contributed by atoms with Gasteiger partial charge in [0.25, 0.3) is 5.91 Å². The Bertz CT molecular complexity index is 1430. The molecular weight excluding hydrogens is 480 g/mol. The molecule has 0 saturated heterocycles. The smallest absolute Gasteiger partial charge is 0.345 e. The van der Waals surface area contributed by atoms with E-state index in [2.05, 4.69) is 10.5 Å². The molecule has 0 aliphatic carbocycles. The Hall–Kier alpha value is -4.36. The number of methoxy groups -OCH3 is 1. The molecule has 4 aromatic rings. The lowest BCUT2D eigenvalue weighted by Crippen LogP contribution is -2.33. The van der Waals surface area contributed by atoms with Crippen LogP contribution in [0.25, 0.3) is 10.8 Å². The quantitative estimate of drug-likeness (QED) is 0.146. The minimum absolute atomic E-state index is 0.223. The Kier molecular flexibility index (Phi) is 7.82. The van der Waals surface area contributed by atoms with Crippen molar-refractivity contribution in [3.63, 3.8) is 0 Å². The highest BCUT2D eigenvalue weighted by molar-refractivity contribution is 6.33. The molecule has 36 heavy (non-hydrogen) atoms. The summed E-state index contributed by atoms with van der Waals surface area (Å²) in [5, 5.41) is 6.24. The number of hydrogen-bond acceptors (Lipinski definition) is 6. The summed E-state index contributed by atoms with van der Waals surface area (Å²) in [5.41, 5.74) is 3.34. The second-order valence-corrected chi connectivity index (χ2v) is 8.16. The van der Waals surface area contributed by atoms with Crippen molar-refractivity contribution in [3.8, 4) is 17.2 Å². The summed E-state index contributed by atoms with van der Waals surface area (Å²) in [6.07, 6.45) is 0.680. The molecule has 0 bridgehead atoms. The summed E-state index contributed by atoms with van der Waals surface area (Å²) >= 11 is 6.07. The van der Waals surface area contributed by atoms with Crippen molar-refractivity contribution in [1.82, 2.24) is 5.43 Å². The number of fused-ring (bicyclic) bond motifs is 1. The van der Waals surface area contributed by atoms with Crippen LogP contribution in [0.15, 0.2) is 90.0 Å². The maximum atomic E-state index is 12.5. The second-order valence-electron chi connectivity index (χ2n) is 7.75. The summed E-state index contributed by atoms with van der Waals surface area (Å²) in [6, 6.07) is 24.9.